The molecule has 0 spiro atoms. The Bertz CT molecular complexity index is 1500. The third-order valence-corrected chi connectivity index (χ3v) is 7.35. The minimum Gasteiger partial charge on any atom is -0.435 e. The minimum absolute atomic E-state index is 0.0635. The topological polar surface area (TPSA) is 80.9 Å². The number of aromatic nitrogens is 2. The highest BCUT2D eigenvalue weighted by atomic mass is 32.2. The lowest BCUT2D eigenvalue weighted by molar-refractivity contribution is -0.0506. The van der Waals surface area contributed by atoms with Gasteiger partial charge in [0.2, 0.25) is 0 Å². The highest BCUT2D eigenvalue weighted by Gasteiger charge is 2.44. The van der Waals surface area contributed by atoms with Crippen LogP contribution in [-0.4, -0.2) is 35.8 Å². The SMILES string of the molecule is CC1(O)C[C@H](c2ccccc2OC(F)F)c2c1nc1ccc(-c3ccc(S(C)(=O)=O)cc3)cn21. The number of halogens is 2. The molecule has 4 aromatic rings. The third-order valence-electron chi connectivity index (χ3n) is 6.22. The fourth-order valence-electron chi connectivity index (χ4n) is 4.68. The summed E-state index contributed by atoms with van der Waals surface area (Å²) in [5.74, 6) is -0.355. The van der Waals surface area contributed by atoms with E-state index >= 15 is 0 Å². The standard InChI is InChI=1S/C25H22F2N2O4S/c1-25(30)13-19(18-5-3-4-6-20(18)33-24(26)27)22-23(25)28-21-12-9-16(14-29(21)22)15-7-10-17(11-8-15)34(2,31)32/h3-12,14,19,24,30H,13H2,1-2H3/t19-,25?/m1/s1. The Labute approximate surface area is 195 Å². The van der Waals surface area contributed by atoms with E-state index in [2.05, 4.69) is 4.98 Å². The molecule has 2 atom stereocenters. The highest BCUT2D eigenvalue weighted by molar-refractivity contribution is 7.90. The van der Waals surface area contributed by atoms with Crippen molar-refractivity contribution in [2.75, 3.05) is 6.26 Å². The number of nitrogens with zero attached hydrogens (tertiary/aromatic N) is 2. The number of aliphatic hydroxyl groups is 1. The Hall–Kier alpha value is -3.30. The quantitative estimate of drug-likeness (QED) is 0.442. The molecule has 9 heteroatoms. The molecule has 1 N–H and O–H groups in total. The summed E-state index contributed by atoms with van der Waals surface area (Å²) in [6.45, 7) is -1.30. The van der Waals surface area contributed by atoms with Crippen LogP contribution in [0.25, 0.3) is 16.8 Å². The van der Waals surface area contributed by atoms with Gasteiger partial charge in [-0.15, -0.1) is 0 Å². The summed E-state index contributed by atoms with van der Waals surface area (Å²) in [4.78, 5) is 4.87. The van der Waals surface area contributed by atoms with Crippen molar-refractivity contribution >= 4 is 15.5 Å². The zero-order valence-corrected chi connectivity index (χ0v) is 19.3. The molecule has 2 heterocycles. The summed E-state index contributed by atoms with van der Waals surface area (Å²) in [5, 5.41) is 11.1. The molecule has 1 aliphatic carbocycles. The van der Waals surface area contributed by atoms with Gasteiger partial charge in [0.15, 0.2) is 9.84 Å². The van der Waals surface area contributed by atoms with Gasteiger partial charge in [0, 0.05) is 23.9 Å². The van der Waals surface area contributed by atoms with Crippen molar-refractivity contribution in [3.05, 3.63) is 83.8 Å². The van der Waals surface area contributed by atoms with Crippen LogP contribution in [-0.2, 0) is 15.4 Å². The third kappa shape index (κ3) is 3.84. The summed E-state index contributed by atoms with van der Waals surface area (Å²) in [6.07, 6.45) is 3.29. The van der Waals surface area contributed by atoms with E-state index in [1.807, 2.05) is 22.7 Å². The lowest BCUT2D eigenvalue weighted by Gasteiger charge is -2.20. The molecule has 0 fully saturated rings. The van der Waals surface area contributed by atoms with Gasteiger partial charge in [-0.1, -0.05) is 30.3 Å². The van der Waals surface area contributed by atoms with Crippen LogP contribution in [0.1, 0.15) is 36.2 Å². The average molecular weight is 485 g/mol. The van der Waals surface area contributed by atoms with Gasteiger partial charge >= 0.3 is 6.61 Å². The normalized spacial score (nSPS) is 20.1. The van der Waals surface area contributed by atoms with E-state index in [9.17, 15) is 22.3 Å². The molecule has 34 heavy (non-hydrogen) atoms. The van der Waals surface area contributed by atoms with Gasteiger partial charge in [0.25, 0.3) is 0 Å². The van der Waals surface area contributed by atoms with Crippen molar-refractivity contribution in [2.45, 2.75) is 36.4 Å². The molecule has 176 valence electrons. The molecule has 2 aromatic heterocycles. The zero-order chi connectivity index (χ0) is 24.3. The summed E-state index contributed by atoms with van der Waals surface area (Å²) in [5.41, 5.74) is 2.73. The molecule has 0 saturated carbocycles. The molecular weight excluding hydrogens is 462 g/mol. The molecule has 0 aliphatic heterocycles. The van der Waals surface area contributed by atoms with E-state index in [1.165, 1.54) is 6.07 Å². The summed E-state index contributed by atoms with van der Waals surface area (Å²) < 4.78 is 56.3. The first-order valence-corrected chi connectivity index (χ1v) is 12.5. The molecule has 6 nitrogen and oxygen atoms in total. The van der Waals surface area contributed by atoms with Gasteiger partial charge in [0.1, 0.15) is 17.0 Å². The number of ether oxygens (including phenoxy) is 1. The van der Waals surface area contributed by atoms with Gasteiger partial charge in [-0.25, -0.2) is 13.4 Å². The molecule has 1 aliphatic rings. The zero-order valence-electron chi connectivity index (χ0n) is 18.4. The Morgan fingerprint density at radius 2 is 1.76 bits per heavy atom. The summed E-state index contributed by atoms with van der Waals surface area (Å²) in [7, 11) is -3.31. The molecule has 1 unspecified atom stereocenters. The van der Waals surface area contributed by atoms with Crippen LogP contribution in [0.15, 0.2) is 71.8 Å². The van der Waals surface area contributed by atoms with Crippen molar-refractivity contribution in [3.63, 3.8) is 0 Å². The monoisotopic (exact) mass is 484 g/mol. The van der Waals surface area contributed by atoms with Crippen molar-refractivity contribution in [1.82, 2.24) is 9.38 Å². The number of rotatable bonds is 5. The first kappa shape index (κ1) is 22.5. The van der Waals surface area contributed by atoms with E-state index in [-0.39, 0.29) is 17.1 Å². The maximum absolute atomic E-state index is 13.0. The molecular formula is C25H22F2N2O4S. The predicted molar refractivity (Wildman–Crippen MR) is 123 cm³/mol. The highest BCUT2D eigenvalue weighted by Crippen LogP contribution is 2.49. The number of para-hydroxylation sites is 1. The number of hydrogen-bond acceptors (Lipinski definition) is 5. The van der Waals surface area contributed by atoms with E-state index < -0.39 is 28.0 Å². The number of sulfone groups is 1. The van der Waals surface area contributed by atoms with E-state index in [4.69, 9.17) is 4.74 Å². The first-order chi connectivity index (χ1) is 16.0. The van der Waals surface area contributed by atoms with E-state index in [0.717, 1.165) is 17.4 Å². The molecule has 2 aromatic carbocycles. The second-order valence-electron chi connectivity index (χ2n) is 8.74. The van der Waals surface area contributed by atoms with Crippen molar-refractivity contribution < 1.29 is 27.0 Å². The molecule has 5 rings (SSSR count). The van der Waals surface area contributed by atoms with Crippen LogP contribution in [0.5, 0.6) is 5.75 Å². The second-order valence-corrected chi connectivity index (χ2v) is 10.8. The summed E-state index contributed by atoms with van der Waals surface area (Å²) >= 11 is 0. The largest absolute Gasteiger partial charge is 0.435 e. The fraction of sp³-hybridized carbons (Fsp3) is 0.240. The number of imidazole rings is 1. The Balaban J connectivity index is 1.65. The maximum atomic E-state index is 13.0. The Morgan fingerprint density at radius 3 is 2.44 bits per heavy atom. The van der Waals surface area contributed by atoms with Crippen molar-refractivity contribution in [2.24, 2.45) is 0 Å². The van der Waals surface area contributed by atoms with Crippen molar-refractivity contribution in [1.29, 1.82) is 0 Å². The fourth-order valence-corrected chi connectivity index (χ4v) is 5.31. The number of benzene rings is 2. The molecule has 0 amide bonds. The lowest BCUT2D eigenvalue weighted by Crippen LogP contribution is -2.18. The number of fused-ring (bicyclic) bond motifs is 3. The van der Waals surface area contributed by atoms with Gasteiger partial charge in [0.05, 0.1) is 16.3 Å². The van der Waals surface area contributed by atoms with E-state index in [0.29, 0.717) is 22.6 Å². The van der Waals surface area contributed by atoms with Crippen LogP contribution < -0.4 is 4.74 Å². The van der Waals surface area contributed by atoms with Crippen LogP contribution >= 0.6 is 0 Å². The minimum atomic E-state index is -3.31. The van der Waals surface area contributed by atoms with E-state index in [1.54, 1.807) is 49.4 Å². The van der Waals surface area contributed by atoms with Gasteiger partial charge < -0.3 is 14.2 Å². The molecule has 0 bridgehead atoms. The van der Waals surface area contributed by atoms with Gasteiger partial charge in [-0.3, -0.25) is 0 Å². The number of pyridine rings is 1. The molecule has 0 saturated heterocycles. The van der Waals surface area contributed by atoms with Gasteiger partial charge in [-0.2, -0.15) is 8.78 Å². The van der Waals surface area contributed by atoms with Gasteiger partial charge in [-0.05, 0) is 54.8 Å². The molecule has 0 radical (unpaired) electrons. The Morgan fingerprint density at radius 1 is 1.09 bits per heavy atom. The first-order valence-electron chi connectivity index (χ1n) is 10.6. The smallest absolute Gasteiger partial charge is 0.387 e. The average Bonchev–Trinajstić information content (AvgIpc) is 3.28. The van der Waals surface area contributed by atoms with Crippen LogP contribution in [0.3, 0.4) is 0 Å². The van der Waals surface area contributed by atoms with Crippen LogP contribution in [0.4, 0.5) is 8.78 Å². The predicted octanol–water partition coefficient (Wildman–Crippen LogP) is 4.75. The number of hydrogen-bond donors (Lipinski definition) is 1. The number of alkyl halides is 2. The van der Waals surface area contributed by atoms with Crippen LogP contribution in [0, 0.1) is 0 Å². The summed E-state index contributed by atoms with van der Waals surface area (Å²) in [6, 6.07) is 16.8. The van der Waals surface area contributed by atoms with Crippen molar-refractivity contribution in [3.8, 4) is 16.9 Å². The lowest BCUT2D eigenvalue weighted by atomic mass is 9.93. The Kier molecular flexibility index (Phi) is 5.22. The van der Waals surface area contributed by atoms with Crippen LogP contribution in [0.2, 0.25) is 0 Å². The second kappa shape index (κ2) is 7.89. The maximum Gasteiger partial charge on any atom is 0.387 e.